The molecule has 2 saturated carbocycles. The van der Waals surface area contributed by atoms with E-state index in [2.05, 4.69) is 48.1 Å². The van der Waals surface area contributed by atoms with Gasteiger partial charge in [0.2, 0.25) is 0 Å². The summed E-state index contributed by atoms with van der Waals surface area (Å²) >= 11 is 9.80. The minimum atomic E-state index is 0.356. The lowest BCUT2D eigenvalue weighted by Gasteiger charge is -2.43. The molecule has 1 nitrogen and oxygen atoms in total. The monoisotopic (exact) mass is 341 g/mol. The van der Waals surface area contributed by atoms with Gasteiger partial charge >= 0.3 is 0 Å². The fraction of sp³-hybridized carbons (Fsp3) is 0.625. The third kappa shape index (κ3) is 2.03. The molecule has 19 heavy (non-hydrogen) atoms. The van der Waals surface area contributed by atoms with E-state index in [1.807, 2.05) is 12.1 Å². The van der Waals surface area contributed by atoms with Crippen LogP contribution in [0.2, 0.25) is 5.02 Å². The number of nitrogens with one attached hydrogen (secondary N) is 1. The zero-order valence-electron chi connectivity index (χ0n) is 11.8. The number of fused-ring (bicyclic) bond motifs is 2. The van der Waals surface area contributed by atoms with Crippen LogP contribution in [0.15, 0.2) is 22.7 Å². The molecule has 0 aliphatic heterocycles. The summed E-state index contributed by atoms with van der Waals surface area (Å²) in [6, 6.07) is 6.57. The number of halogens is 2. The number of anilines is 1. The van der Waals surface area contributed by atoms with Crippen molar-refractivity contribution in [2.75, 3.05) is 5.32 Å². The maximum absolute atomic E-state index is 6.20. The summed E-state index contributed by atoms with van der Waals surface area (Å²) in [5.41, 5.74) is 1.91. The average molecular weight is 343 g/mol. The minimum Gasteiger partial charge on any atom is -0.380 e. The van der Waals surface area contributed by atoms with E-state index in [0.717, 1.165) is 21.1 Å². The summed E-state index contributed by atoms with van der Waals surface area (Å²) < 4.78 is 0.985. The number of hydrogen-bond acceptors (Lipinski definition) is 1. The lowest BCUT2D eigenvalue weighted by Crippen LogP contribution is -2.45. The molecule has 0 spiro atoms. The maximum atomic E-state index is 6.20. The van der Waals surface area contributed by atoms with Crippen LogP contribution in [-0.2, 0) is 0 Å². The number of rotatable bonds is 2. The molecular weight excluding hydrogens is 322 g/mol. The Morgan fingerprint density at radius 3 is 2.68 bits per heavy atom. The summed E-state index contributed by atoms with van der Waals surface area (Å²) in [5, 5.41) is 4.56. The van der Waals surface area contributed by atoms with Crippen molar-refractivity contribution in [2.45, 2.75) is 46.1 Å². The molecule has 2 bridgehead atoms. The normalized spacial score (nSPS) is 35.6. The molecule has 3 heteroatoms. The standard InChI is InChI=1S/C16H21BrClN/c1-15(2)10-7-8-16(3,9-10)14(15)19-12-6-4-5-11(18)13(12)17/h4-6,10,14,19H,7-9H2,1-3H3. The highest BCUT2D eigenvalue weighted by molar-refractivity contribution is 9.10. The van der Waals surface area contributed by atoms with Crippen molar-refractivity contribution in [3.05, 3.63) is 27.7 Å². The topological polar surface area (TPSA) is 12.0 Å². The van der Waals surface area contributed by atoms with Crippen LogP contribution in [0, 0.1) is 16.7 Å². The molecule has 0 amide bonds. The first-order chi connectivity index (χ1) is 8.84. The van der Waals surface area contributed by atoms with Crippen LogP contribution >= 0.6 is 27.5 Å². The Bertz CT molecular complexity index is 509. The van der Waals surface area contributed by atoms with Crippen molar-refractivity contribution in [1.82, 2.24) is 0 Å². The van der Waals surface area contributed by atoms with E-state index >= 15 is 0 Å². The van der Waals surface area contributed by atoms with E-state index in [9.17, 15) is 0 Å². The molecule has 2 aliphatic carbocycles. The van der Waals surface area contributed by atoms with Gasteiger partial charge in [-0.15, -0.1) is 0 Å². The van der Waals surface area contributed by atoms with Crippen LogP contribution in [0.4, 0.5) is 5.69 Å². The predicted octanol–water partition coefficient (Wildman–Crippen LogP) is 5.73. The van der Waals surface area contributed by atoms with Crippen molar-refractivity contribution >= 4 is 33.2 Å². The lowest BCUT2D eigenvalue weighted by atomic mass is 9.68. The third-order valence-electron chi connectivity index (χ3n) is 5.52. The van der Waals surface area contributed by atoms with E-state index < -0.39 is 0 Å². The number of benzene rings is 1. The molecule has 3 atom stereocenters. The van der Waals surface area contributed by atoms with Gasteiger partial charge in [-0.05, 0) is 64.1 Å². The molecule has 1 aromatic rings. The third-order valence-corrected chi connectivity index (χ3v) is 6.92. The Morgan fingerprint density at radius 1 is 1.32 bits per heavy atom. The Balaban J connectivity index is 1.93. The Labute approximate surface area is 129 Å². The quantitative estimate of drug-likeness (QED) is 0.723. The van der Waals surface area contributed by atoms with E-state index in [-0.39, 0.29) is 0 Å². The molecule has 104 valence electrons. The molecule has 3 rings (SSSR count). The summed E-state index contributed by atoms with van der Waals surface area (Å²) in [6.45, 7) is 7.27. The van der Waals surface area contributed by atoms with Crippen LogP contribution in [0.5, 0.6) is 0 Å². The largest absolute Gasteiger partial charge is 0.380 e. The molecule has 3 unspecified atom stereocenters. The molecule has 2 fully saturated rings. The van der Waals surface area contributed by atoms with Gasteiger partial charge in [-0.2, -0.15) is 0 Å². The van der Waals surface area contributed by atoms with Crippen molar-refractivity contribution in [1.29, 1.82) is 0 Å². The zero-order valence-corrected chi connectivity index (χ0v) is 14.1. The van der Waals surface area contributed by atoms with Crippen molar-refractivity contribution < 1.29 is 0 Å². The minimum absolute atomic E-state index is 0.356. The first-order valence-corrected chi connectivity index (χ1v) is 8.22. The van der Waals surface area contributed by atoms with Crippen LogP contribution in [0.1, 0.15) is 40.0 Å². The van der Waals surface area contributed by atoms with Crippen LogP contribution in [0.25, 0.3) is 0 Å². The van der Waals surface area contributed by atoms with E-state index in [1.165, 1.54) is 19.3 Å². The lowest BCUT2D eigenvalue weighted by molar-refractivity contribution is 0.155. The van der Waals surface area contributed by atoms with Gasteiger partial charge in [0.15, 0.2) is 0 Å². The van der Waals surface area contributed by atoms with Crippen molar-refractivity contribution in [2.24, 2.45) is 16.7 Å². The second-order valence-corrected chi connectivity index (χ2v) is 8.29. The highest BCUT2D eigenvalue weighted by atomic mass is 79.9. The van der Waals surface area contributed by atoms with Gasteiger partial charge < -0.3 is 5.32 Å². The second-order valence-electron chi connectivity index (χ2n) is 7.09. The predicted molar refractivity (Wildman–Crippen MR) is 85.8 cm³/mol. The molecule has 1 aromatic carbocycles. The molecule has 0 saturated heterocycles. The Morgan fingerprint density at radius 2 is 2.05 bits per heavy atom. The maximum Gasteiger partial charge on any atom is 0.0593 e. The molecule has 0 radical (unpaired) electrons. The average Bonchev–Trinajstić information content (AvgIpc) is 2.81. The molecule has 2 aliphatic rings. The fourth-order valence-corrected chi connectivity index (χ4v) is 4.99. The van der Waals surface area contributed by atoms with Gasteiger partial charge in [0.25, 0.3) is 0 Å². The Kier molecular flexibility index (Phi) is 3.18. The molecule has 0 heterocycles. The summed E-state index contributed by atoms with van der Waals surface area (Å²) in [6.07, 6.45) is 4.09. The van der Waals surface area contributed by atoms with Gasteiger partial charge in [-0.3, -0.25) is 0 Å². The summed E-state index contributed by atoms with van der Waals surface area (Å²) in [5.74, 6) is 0.855. The summed E-state index contributed by atoms with van der Waals surface area (Å²) in [7, 11) is 0. The van der Waals surface area contributed by atoms with E-state index in [0.29, 0.717) is 16.9 Å². The highest BCUT2D eigenvalue weighted by Crippen LogP contribution is 2.63. The second kappa shape index (κ2) is 4.39. The van der Waals surface area contributed by atoms with Crippen molar-refractivity contribution in [3.63, 3.8) is 0 Å². The van der Waals surface area contributed by atoms with Crippen LogP contribution < -0.4 is 5.32 Å². The number of hydrogen-bond donors (Lipinski definition) is 1. The fourth-order valence-electron chi connectivity index (χ4n) is 4.43. The SMILES string of the molecule is CC12CCC(C1)C(C)(C)C2Nc1cccc(Cl)c1Br. The summed E-state index contributed by atoms with van der Waals surface area (Å²) in [4.78, 5) is 0. The first kappa shape index (κ1) is 13.8. The smallest absolute Gasteiger partial charge is 0.0593 e. The van der Waals surface area contributed by atoms with Gasteiger partial charge in [0.05, 0.1) is 15.2 Å². The van der Waals surface area contributed by atoms with Crippen LogP contribution in [0.3, 0.4) is 0 Å². The highest BCUT2D eigenvalue weighted by Gasteiger charge is 2.59. The zero-order chi connectivity index (χ0) is 13.8. The Hall–Kier alpha value is -0.210. The molecule has 1 N–H and O–H groups in total. The van der Waals surface area contributed by atoms with Crippen LogP contribution in [-0.4, -0.2) is 6.04 Å². The van der Waals surface area contributed by atoms with Gasteiger partial charge in [-0.25, -0.2) is 0 Å². The van der Waals surface area contributed by atoms with E-state index in [1.54, 1.807) is 0 Å². The molecular formula is C16H21BrClN. The first-order valence-electron chi connectivity index (χ1n) is 7.05. The van der Waals surface area contributed by atoms with Gasteiger partial charge in [0, 0.05) is 6.04 Å². The van der Waals surface area contributed by atoms with Gasteiger partial charge in [-0.1, -0.05) is 38.4 Å². The van der Waals surface area contributed by atoms with Crippen molar-refractivity contribution in [3.8, 4) is 0 Å². The molecule has 0 aromatic heterocycles. The van der Waals surface area contributed by atoms with Gasteiger partial charge in [0.1, 0.15) is 0 Å². The van der Waals surface area contributed by atoms with E-state index in [4.69, 9.17) is 11.6 Å².